The van der Waals surface area contributed by atoms with E-state index in [9.17, 15) is 5.11 Å². The molecule has 1 fully saturated rings. The molecule has 0 bridgehead atoms. The molecule has 106 valence electrons. The van der Waals surface area contributed by atoms with Crippen LogP contribution in [0.15, 0.2) is 18.7 Å². The van der Waals surface area contributed by atoms with Gasteiger partial charge in [-0.3, -0.25) is 0 Å². The molecule has 1 N–H and O–H groups in total. The Bertz CT molecular complexity index is 411. The molecule has 0 radical (unpaired) electrons. The molecule has 1 aliphatic rings. The normalized spacial score (nSPS) is 20.5. The van der Waals surface area contributed by atoms with E-state index in [0.29, 0.717) is 5.92 Å². The van der Waals surface area contributed by atoms with Crippen LogP contribution >= 0.6 is 0 Å². The first-order valence-corrected chi connectivity index (χ1v) is 7.23. The maximum Gasteiger partial charge on any atom is 0.138 e. The molecule has 1 aromatic rings. The minimum Gasteiger partial charge on any atom is -0.386 e. The van der Waals surface area contributed by atoms with E-state index in [1.807, 2.05) is 20.8 Å². The van der Waals surface area contributed by atoms with Crippen molar-refractivity contribution in [3.05, 3.63) is 18.7 Å². The average Bonchev–Trinajstić information content (AvgIpc) is 2.89. The molecule has 0 saturated heterocycles. The van der Waals surface area contributed by atoms with Crippen molar-refractivity contribution < 1.29 is 5.11 Å². The van der Waals surface area contributed by atoms with Crippen LogP contribution in [0.3, 0.4) is 0 Å². The maximum absolute atomic E-state index is 10.6. The van der Waals surface area contributed by atoms with Gasteiger partial charge in [0.25, 0.3) is 0 Å². The first-order chi connectivity index (χ1) is 8.98. The number of allylic oxidation sites excluding steroid dienone is 1. The molecule has 0 spiro atoms. The third-order valence-electron chi connectivity index (χ3n) is 3.84. The zero-order chi connectivity index (χ0) is 13.9. The highest BCUT2D eigenvalue weighted by Gasteiger charge is 2.28. The molecule has 1 aliphatic carbocycles. The fraction of sp³-hybridized carbons (Fsp3) is 0.733. The largest absolute Gasteiger partial charge is 0.386 e. The topological polar surface area (TPSA) is 50.9 Å². The van der Waals surface area contributed by atoms with Crippen LogP contribution in [-0.4, -0.2) is 26.0 Å². The molecule has 1 heterocycles. The summed E-state index contributed by atoms with van der Waals surface area (Å²) in [6, 6.07) is 0. The molecule has 2 rings (SSSR count). The summed E-state index contributed by atoms with van der Waals surface area (Å²) < 4.78 is 1.71. The minimum atomic E-state index is -0.531. The second-order valence-electron chi connectivity index (χ2n) is 6.60. The quantitative estimate of drug-likeness (QED) is 0.911. The van der Waals surface area contributed by atoms with Crippen LogP contribution in [0.1, 0.15) is 52.9 Å². The van der Waals surface area contributed by atoms with Crippen LogP contribution in [0.4, 0.5) is 0 Å². The summed E-state index contributed by atoms with van der Waals surface area (Å²) in [5.41, 5.74) is 0.670. The highest BCUT2D eigenvalue weighted by Crippen LogP contribution is 2.31. The van der Waals surface area contributed by atoms with E-state index in [4.69, 9.17) is 0 Å². The summed E-state index contributed by atoms with van der Waals surface area (Å²) in [6.07, 6.45) is 11.2. The molecule has 1 saturated carbocycles. The van der Waals surface area contributed by atoms with E-state index in [2.05, 4.69) is 16.2 Å². The van der Waals surface area contributed by atoms with Crippen molar-refractivity contribution in [1.82, 2.24) is 14.8 Å². The van der Waals surface area contributed by atoms with Gasteiger partial charge in [0, 0.05) is 0 Å². The molecule has 0 aliphatic heterocycles. The molecule has 1 aromatic heterocycles. The van der Waals surface area contributed by atoms with E-state index in [1.165, 1.54) is 38.4 Å². The number of aliphatic hydroxyl groups is 1. The van der Waals surface area contributed by atoms with E-state index in [1.54, 1.807) is 11.0 Å². The number of aromatic nitrogens is 3. The lowest BCUT2D eigenvalue weighted by Crippen LogP contribution is -2.30. The van der Waals surface area contributed by atoms with Gasteiger partial charge in [0.05, 0.1) is 5.70 Å². The SMILES string of the molecule is CC(C)(C)C(O)C(=CC1CCCCC1)n1cncn1. The van der Waals surface area contributed by atoms with E-state index < -0.39 is 6.10 Å². The lowest BCUT2D eigenvalue weighted by molar-refractivity contribution is 0.108. The van der Waals surface area contributed by atoms with Crippen LogP contribution in [0.25, 0.3) is 5.70 Å². The number of rotatable bonds is 3. The van der Waals surface area contributed by atoms with Gasteiger partial charge in [0.15, 0.2) is 0 Å². The van der Waals surface area contributed by atoms with Gasteiger partial charge in [0.1, 0.15) is 18.8 Å². The number of aliphatic hydroxyl groups excluding tert-OH is 1. The molecule has 4 heteroatoms. The molecule has 1 unspecified atom stereocenters. The van der Waals surface area contributed by atoms with Gasteiger partial charge in [-0.1, -0.05) is 46.1 Å². The fourth-order valence-electron chi connectivity index (χ4n) is 2.62. The highest BCUT2D eigenvalue weighted by atomic mass is 16.3. The predicted molar refractivity (Wildman–Crippen MR) is 76.3 cm³/mol. The third-order valence-corrected chi connectivity index (χ3v) is 3.84. The zero-order valence-electron chi connectivity index (χ0n) is 12.2. The standard InChI is InChI=1S/C15H25N3O/c1-15(2,3)14(19)13(18-11-16-10-17-18)9-12-7-5-4-6-8-12/h9-12,14,19H,4-8H2,1-3H3. The molecule has 0 amide bonds. The zero-order valence-corrected chi connectivity index (χ0v) is 12.2. The minimum absolute atomic E-state index is 0.202. The molecule has 4 nitrogen and oxygen atoms in total. The average molecular weight is 263 g/mol. The lowest BCUT2D eigenvalue weighted by Gasteiger charge is -2.29. The summed E-state index contributed by atoms with van der Waals surface area (Å²) in [5, 5.41) is 14.8. The van der Waals surface area contributed by atoms with Crippen LogP contribution in [-0.2, 0) is 0 Å². The summed E-state index contributed by atoms with van der Waals surface area (Å²) in [7, 11) is 0. The Hall–Kier alpha value is -1.16. The Balaban J connectivity index is 2.26. The second kappa shape index (κ2) is 5.87. The van der Waals surface area contributed by atoms with Gasteiger partial charge in [-0.25, -0.2) is 9.67 Å². The van der Waals surface area contributed by atoms with Crippen molar-refractivity contribution in [2.45, 2.75) is 59.0 Å². The van der Waals surface area contributed by atoms with Crippen LogP contribution < -0.4 is 0 Å². The fourth-order valence-corrected chi connectivity index (χ4v) is 2.62. The summed E-state index contributed by atoms with van der Waals surface area (Å²) in [4.78, 5) is 4.00. The Kier molecular flexibility index (Phi) is 4.40. The monoisotopic (exact) mass is 263 g/mol. The van der Waals surface area contributed by atoms with Crippen LogP contribution in [0, 0.1) is 11.3 Å². The first kappa shape index (κ1) is 14.3. The molecule has 1 atom stereocenters. The number of nitrogens with zero attached hydrogens (tertiary/aromatic N) is 3. The molecule has 0 aromatic carbocycles. The summed E-state index contributed by atoms with van der Waals surface area (Å²) >= 11 is 0. The van der Waals surface area contributed by atoms with Gasteiger partial charge in [-0.05, 0) is 24.2 Å². The summed E-state index contributed by atoms with van der Waals surface area (Å²) in [5.74, 6) is 0.560. The van der Waals surface area contributed by atoms with Crippen LogP contribution in [0.2, 0.25) is 0 Å². The molecular weight excluding hydrogens is 238 g/mol. The van der Waals surface area contributed by atoms with Crippen molar-refractivity contribution in [1.29, 1.82) is 0 Å². The number of hydrogen-bond donors (Lipinski definition) is 1. The van der Waals surface area contributed by atoms with Crippen molar-refractivity contribution in [2.75, 3.05) is 0 Å². The van der Waals surface area contributed by atoms with E-state index >= 15 is 0 Å². The highest BCUT2D eigenvalue weighted by molar-refractivity contribution is 5.49. The van der Waals surface area contributed by atoms with Gasteiger partial charge in [-0.15, -0.1) is 0 Å². The molecular formula is C15H25N3O. The van der Waals surface area contributed by atoms with Gasteiger partial charge < -0.3 is 5.11 Å². The Morgan fingerprint density at radius 3 is 2.53 bits per heavy atom. The van der Waals surface area contributed by atoms with Crippen molar-refractivity contribution >= 4 is 5.70 Å². The van der Waals surface area contributed by atoms with Crippen LogP contribution in [0.5, 0.6) is 0 Å². The Labute approximate surface area is 115 Å². The third kappa shape index (κ3) is 3.66. The van der Waals surface area contributed by atoms with Gasteiger partial charge in [-0.2, -0.15) is 5.10 Å². The Morgan fingerprint density at radius 2 is 2.00 bits per heavy atom. The lowest BCUT2D eigenvalue weighted by atomic mass is 9.83. The summed E-state index contributed by atoms with van der Waals surface area (Å²) in [6.45, 7) is 6.13. The smallest absolute Gasteiger partial charge is 0.138 e. The van der Waals surface area contributed by atoms with Crippen molar-refractivity contribution in [3.8, 4) is 0 Å². The van der Waals surface area contributed by atoms with Gasteiger partial charge >= 0.3 is 0 Å². The number of hydrogen-bond acceptors (Lipinski definition) is 3. The maximum atomic E-state index is 10.6. The Morgan fingerprint density at radius 1 is 1.32 bits per heavy atom. The van der Waals surface area contributed by atoms with Gasteiger partial charge in [0.2, 0.25) is 0 Å². The van der Waals surface area contributed by atoms with E-state index in [0.717, 1.165) is 5.70 Å². The van der Waals surface area contributed by atoms with E-state index in [-0.39, 0.29) is 5.41 Å². The second-order valence-corrected chi connectivity index (χ2v) is 6.60. The first-order valence-electron chi connectivity index (χ1n) is 7.23. The molecule has 19 heavy (non-hydrogen) atoms. The van der Waals surface area contributed by atoms with Crippen molar-refractivity contribution in [3.63, 3.8) is 0 Å². The predicted octanol–water partition coefficient (Wildman–Crippen LogP) is 3.11. The van der Waals surface area contributed by atoms with Crippen molar-refractivity contribution in [2.24, 2.45) is 11.3 Å².